The molecule has 0 bridgehead atoms. The summed E-state index contributed by atoms with van der Waals surface area (Å²) < 4.78 is 259. The van der Waals surface area contributed by atoms with Crippen LogP contribution in [0.4, 0.5) is 17.1 Å². The summed E-state index contributed by atoms with van der Waals surface area (Å²) in [4.78, 5) is 1.52. The zero-order valence-corrected chi connectivity index (χ0v) is 38.1. The van der Waals surface area contributed by atoms with Gasteiger partial charge in [0.05, 0.1) is 47.8 Å². The van der Waals surface area contributed by atoms with Crippen molar-refractivity contribution in [3.63, 3.8) is 0 Å². The maximum absolute atomic E-state index is 10.8. The quantitative estimate of drug-likeness (QED) is 0.139. The minimum atomic E-state index is -3.36. The summed E-state index contributed by atoms with van der Waals surface area (Å²) in [6.45, 7) is 0. The molecule has 1 heteroatoms. The SMILES string of the molecule is [2H]c1c([2H])c([2H])c(C2(c3c([2H])c([2H])c([2H])c([2H])c3[2H])c3c([2H])c([2H])c([2H])c([2H])c3-c3c([2H])c([2H])c(-c4c(-c5c([2H])c([2H])c(N(c6ccccc6)c6ccc7c(c6)C(c6ccccc6)(c6ccccc6)c6ccccc6-7)c([2H])c5[2H])c([2H])c([2H])c5c([2H])c([2H])c([2H])c([2H])c45)c([2H])c32)c([2H])c1[2H]. The van der Waals surface area contributed by atoms with Crippen LogP contribution in [0.2, 0.25) is 0 Å². The highest BCUT2D eigenvalue weighted by Gasteiger charge is 2.47. The molecule has 0 radical (unpaired) electrons. The number of anilines is 3. The normalized spacial score (nSPS) is 18.6. The van der Waals surface area contributed by atoms with Crippen LogP contribution in [0.1, 0.15) is 81.5 Å². The lowest BCUT2D eigenvalue weighted by Crippen LogP contribution is -2.28. The molecule has 12 aromatic carbocycles. The van der Waals surface area contributed by atoms with Gasteiger partial charge in [-0.05, 0) is 142 Å². The van der Waals surface area contributed by atoms with E-state index in [1.165, 1.54) is 4.90 Å². The molecule has 0 heterocycles. The molecule has 342 valence electrons. The summed E-state index contributed by atoms with van der Waals surface area (Å²) in [6.07, 6.45) is 0. The molecular weight excluding hydrogens is 879 g/mol. The average Bonchev–Trinajstić information content (AvgIpc) is 1.46. The second-order valence-electron chi connectivity index (χ2n) is 17.4. The molecule has 0 aliphatic heterocycles. The molecule has 73 heavy (non-hydrogen) atoms. The zero-order chi connectivity index (χ0) is 71.8. The molecule has 1 nitrogen and oxygen atoms in total. The molecule has 0 atom stereocenters. The van der Waals surface area contributed by atoms with E-state index in [0.29, 0.717) is 11.4 Å². The van der Waals surface area contributed by atoms with Crippen LogP contribution in [0, 0.1) is 0 Å². The highest BCUT2D eigenvalue weighted by Crippen LogP contribution is 2.59. The van der Waals surface area contributed by atoms with E-state index >= 15 is 0 Å². The van der Waals surface area contributed by atoms with E-state index < -0.39 is 240 Å². The van der Waals surface area contributed by atoms with E-state index in [0.717, 1.165) is 33.4 Å². The van der Waals surface area contributed by atoms with E-state index in [9.17, 15) is 23.3 Å². The van der Waals surface area contributed by atoms with Gasteiger partial charge in [-0.2, -0.15) is 0 Å². The van der Waals surface area contributed by atoms with Crippen LogP contribution in [0.5, 0.6) is 0 Å². The standard InChI is InChI=1S/C72H49N/c1-6-23-53(24-7-1)71(54-25-8-2-9-26-54)66-36-20-18-34-62(66)64-46-41-52(48-68(64)71)70-60-33-17-16-22-50(60)40-45-61(70)51-38-42-58(43-39-51)73(57-31-14-5-15-32-57)59-44-47-65-63-35-19-21-37-67(63)72(69(65)49-59,55-27-10-3-11-28-55)56-29-12-4-13-30-56/h1-49H/i1D,2D,6D,7D,8D,9D,16D,17D,18D,20D,22D,23D,24D,25D,26D,33D,34D,36D,38D,39D,40D,41D,42D,43D,45D,46D,48D. The van der Waals surface area contributed by atoms with Gasteiger partial charge in [0.2, 0.25) is 0 Å². The van der Waals surface area contributed by atoms with Gasteiger partial charge < -0.3 is 4.90 Å². The first-order chi connectivity index (χ1) is 47.5. The number of hydrogen-bond donors (Lipinski definition) is 0. The summed E-state index contributed by atoms with van der Waals surface area (Å²) >= 11 is 0. The predicted molar refractivity (Wildman–Crippen MR) is 304 cm³/mol. The number of nitrogens with zero attached hydrogens (tertiary/aromatic N) is 1. The Balaban J connectivity index is 1.14. The van der Waals surface area contributed by atoms with Crippen molar-refractivity contribution in [3.05, 3.63) is 341 Å². The maximum atomic E-state index is 10.8. The van der Waals surface area contributed by atoms with E-state index in [1.807, 2.05) is 91.0 Å². The van der Waals surface area contributed by atoms with Crippen molar-refractivity contribution in [2.24, 2.45) is 0 Å². The fourth-order valence-electron chi connectivity index (χ4n) is 10.8. The fourth-order valence-corrected chi connectivity index (χ4v) is 10.8. The Kier molecular flexibility index (Phi) is 5.50. The fraction of sp³-hybridized carbons (Fsp3) is 0.0278. The Morgan fingerprint density at radius 1 is 0.301 bits per heavy atom. The predicted octanol–water partition coefficient (Wildman–Crippen LogP) is 18.4. The lowest BCUT2D eigenvalue weighted by Gasteiger charge is -2.35. The van der Waals surface area contributed by atoms with Gasteiger partial charge in [-0.1, -0.05) is 254 Å². The Labute approximate surface area is 465 Å². The second kappa shape index (κ2) is 17.2. The van der Waals surface area contributed by atoms with Gasteiger partial charge in [0.1, 0.15) is 0 Å². The van der Waals surface area contributed by atoms with Crippen LogP contribution in [-0.4, -0.2) is 0 Å². The molecule has 0 amide bonds. The summed E-state index contributed by atoms with van der Waals surface area (Å²) in [5.41, 5.74) is -8.13. The van der Waals surface area contributed by atoms with Crippen LogP contribution in [0.15, 0.2) is 297 Å². The van der Waals surface area contributed by atoms with Gasteiger partial charge in [0.25, 0.3) is 0 Å². The van der Waals surface area contributed by atoms with Crippen LogP contribution >= 0.6 is 0 Å². The van der Waals surface area contributed by atoms with Gasteiger partial charge in [-0.15, -0.1) is 0 Å². The van der Waals surface area contributed by atoms with Crippen molar-refractivity contribution in [1.82, 2.24) is 0 Å². The minimum Gasteiger partial charge on any atom is -0.310 e. The Hall–Kier alpha value is -9.30. The van der Waals surface area contributed by atoms with E-state index in [1.54, 1.807) is 36.4 Å². The summed E-state index contributed by atoms with van der Waals surface area (Å²) in [6, 6.07) is 12.9. The lowest BCUT2D eigenvalue weighted by atomic mass is 9.67. The first-order valence-corrected chi connectivity index (χ1v) is 23.2. The van der Waals surface area contributed by atoms with Gasteiger partial charge >= 0.3 is 0 Å². The van der Waals surface area contributed by atoms with Crippen molar-refractivity contribution < 1.29 is 37.0 Å². The molecule has 2 aliphatic rings. The largest absolute Gasteiger partial charge is 0.310 e. The van der Waals surface area contributed by atoms with Crippen molar-refractivity contribution in [2.45, 2.75) is 10.8 Å². The molecule has 0 aromatic heterocycles. The molecule has 0 N–H and O–H groups in total. The highest BCUT2D eigenvalue weighted by atomic mass is 15.1. The molecule has 14 rings (SSSR count). The van der Waals surface area contributed by atoms with Gasteiger partial charge in [0, 0.05) is 17.1 Å². The third kappa shape index (κ3) is 6.49. The molecule has 12 aromatic rings. The van der Waals surface area contributed by atoms with Crippen molar-refractivity contribution in [3.8, 4) is 44.5 Å². The van der Waals surface area contributed by atoms with Crippen molar-refractivity contribution >= 4 is 27.8 Å². The Morgan fingerprint density at radius 3 is 1.56 bits per heavy atom. The smallest absolute Gasteiger partial charge is 0.0714 e. The Morgan fingerprint density at radius 2 is 0.849 bits per heavy atom. The number of para-hydroxylation sites is 1. The van der Waals surface area contributed by atoms with Crippen LogP contribution in [0.3, 0.4) is 0 Å². The number of hydrogen-bond acceptors (Lipinski definition) is 1. The molecule has 0 saturated carbocycles. The summed E-state index contributed by atoms with van der Waals surface area (Å²) in [5, 5.41) is -1.58. The second-order valence-corrected chi connectivity index (χ2v) is 17.4. The van der Waals surface area contributed by atoms with E-state index in [4.69, 9.17) is 13.7 Å². The third-order valence-corrected chi connectivity index (χ3v) is 13.8. The molecule has 0 unspecified atom stereocenters. The topological polar surface area (TPSA) is 3.24 Å². The molecular formula is C72H49N. The Bertz CT molecular complexity index is 5450. The van der Waals surface area contributed by atoms with E-state index in [2.05, 4.69) is 6.07 Å². The van der Waals surface area contributed by atoms with E-state index in [-0.39, 0.29) is 5.69 Å². The third-order valence-electron chi connectivity index (χ3n) is 13.8. The highest BCUT2D eigenvalue weighted by molar-refractivity contribution is 6.05. The van der Waals surface area contributed by atoms with Gasteiger partial charge in [-0.25, -0.2) is 0 Å². The van der Waals surface area contributed by atoms with Gasteiger partial charge in [-0.3, -0.25) is 0 Å². The first-order valence-electron chi connectivity index (χ1n) is 36.7. The molecule has 2 aliphatic carbocycles. The molecule has 0 saturated heterocycles. The molecule has 0 fully saturated rings. The first kappa shape index (κ1) is 23.3. The zero-order valence-electron chi connectivity index (χ0n) is 65.1. The van der Waals surface area contributed by atoms with Crippen LogP contribution in [-0.2, 0) is 10.8 Å². The van der Waals surface area contributed by atoms with Gasteiger partial charge in [0.15, 0.2) is 0 Å². The lowest BCUT2D eigenvalue weighted by molar-refractivity contribution is 0.768. The van der Waals surface area contributed by atoms with Crippen LogP contribution < -0.4 is 4.90 Å². The summed E-state index contributed by atoms with van der Waals surface area (Å²) in [7, 11) is 0. The van der Waals surface area contributed by atoms with Crippen LogP contribution in [0.25, 0.3) is 55.3 Å². The molecule has 0 spiro atoms. The number of fused-ring (bicyclic) bond motifs is 7. The monoisotopic (exact) mass is 955 g/mol. The average molecular weight is 955 g/mol. The number of benzene rings is 12. The minimum absolute atomic E-state index is 0.330. The number of rotatable bonds is 9. The maximum Gasteiger partial charge on any atom is 0.0714 e. The van der Waals surface area contributed by atoms with Crippen molar-refractivity contribution in [2.75, 3.05) is 4.90 Å². The summed E-state index contributed by atoms with van der Waals surface area (Å²) in [5.74, 6) is 0. The van der Waals surface area contributed by atoms with Crippen molar-refractivity contribution in [1.29, 1.82) is 0 Å².